The van der Waals surface area contributed by atoms with E-state index in [2.05, 4.69) is 20.7 Å². The fraction of sp³-hybridized carbons (Fsp3) is 0.625. The van der Waals surface area contributed by atoms with E-state index in [9.17, 15) is 14.4 Å². The maximum atomic E-state index is 12.5. The summed E-state index contributed by atoms with van der Waals surface area (Å²) in [5, 5.41) is 8.97. The van der Waals surface area contributed by atoms with Gasteiger partial charge in [0.25, 0.3) is 0 Å². The number of urea groups is 1. The van der Waals surface area contributed by atoms with E-state index in [0.717, 1.165) is 42.6 Å². The molecule has 0 radical (unpaired) electrons. The normalized spacial score (nSPS) is 27.5. The van der Waals surface area contributed by atoms with Gasteiger partial charge >= 0.3 is 12.0 Å². The van der Waals surface area contributed by atoms with Crippen molar-refractivity contribution >= 4 is 23.6 Å². The fourth-order valence-electron chi connectivity index (χ4n) is 6.12. The van der Waals surface area contributed by atoms with Crippen LogP contribution in [-0.2, 0) is 14.3 Å². The van der Waals surface area contributed by atoms with Crippen LogP contribution in [0.2, 0.25) is 0 Å². The minimum Gasteiger partial charge on any atom is -0.482 e. The first-order valence-electron chi connectivity index (χ1n) is 11.5. The smallest absolute Gasteiger partial charge is 0.343 e. The largest absolute Gasteiger partial charge is 0.482 e. The average Bonchev–Trinajstić information content (AvgIpc) is 2.72. The Hall–Kier alpha value is -2.77. The van der Waals surface area contributed by atoms with E-state index in [-0.39, 0.29) is 37.0 Å². The zero-order valence-corrected chi connectivity index (χ0v) is 18.9. The second kappa shape index (κ2) is 9.38. The van der Waals surface area contributed by atoms with Crippen molar-refractivity contribution in [3.63, 3.8) is 0 Å². The van der Waals surface area contributed by atoms with E-state index in [0.29, 0.717) is 11.4 Å². The molecule has 0 heterocycles. The van der Waals surface area contributed by atoms with Gasteiger partial charge in [-0.2, -0.15) is 0 Å². The number of ether oxygens (including phenoxy) is 2. The molecule has 4 aliphatic carbocycles. The van der Waals surface area contributed by atoms with Crippen molar-refractivity contribution in [1.29, 1.82) is 0 Å². The molecule has 3 N–H and O–H groups in total. The topological polar surface area (TPSA) is 106 Å². The van der Waals surface area contributed by atoms with E-state index < -0.39 is 5.97 Å². The van der Waals surface area contributed by atoms with Crippen molar-refractivity contribution in [1.82, 2.24) is 10.6 Å². The fourth-order valence-corrected chi connectivity index (χ4v) is 6.12. The molecule has 8 heteroatoms. The lowest BCUT2D eigenvalue weighted by Crippen LogP contribution is -2.61. The number of carbonyl (C=O) groups excluding carboxylic acids is 3. The van der Waals surface area contributed by atoms with Crippen LogP contribution < -0.4 is 20.7 Å². The molecule has 4 bridgehead atoms. The van der Waals surface area contributed by atoms with Gasteiger partial charge in [0.2, 0.25) is 5.91 Å². The lowest BCUT2D eigenvalue weighted by Gasteiger charge is -2.56. The lowest BCUT2D eigenvalue weighted by molar-refractivity contribution is -0.142. The van der Waals surface area contributed by atoms with Crippen LogP contribution in [0, 0.1) is 24.7 Å². The number of hydrogen-bond donors (Lipinski definition) is 3. The molecular formula is C24H33N3O5. The van der Waals surface area contributed by atoms with Crippen LogP contribution in [0.5, 0.6) is 5.75 Å². The lowest BCUT2D eigenvalue weighted by atomic mass is 9.53. The van der Waals surface area contributed by atoms with Crippen molar-refractivity contribution < 1.29 is 23.9 Å². The van der Waals surface area contributed by atoms with Crippen LogP contribution in [0.3, 0.4) is 0 Å². The SMILES string of the molecule is COC(=O)COc1ccc(NC(=O)CCNC(=O)NC23CC4CC(CC(C4)C2)C3)c(C)c1. The van der Waals surface area contributed by atoms with Crippen molar-refractivity contribution in [3.8, 4) is 5.75 Å². The minimum absolute atomic E-state index is 0.0319. The molecule has 0 aliphatic heterocycles. The first kappa shape index (κ1) is 22.4. The number of esters is 1. The van der Waals surface area contributed by atoms with Gasteiger partial charge in [0, 0.05) is 24.2 Å². The van der Waals surface area contributed by atoms with Gasteiger partial charge in [0.05, 0.1) is 7.11 Å². The van der Waals surface area contributed by atoms with Crippen molar-refractivity contribution in [3.05, 3.63) is 23.8 Å². The standard InChI is InChI=1S/C24H33N3O5/c1-15-7-19(32-14-22(29)31-2)3-4-20(15)26-21(28)5-6-25-23(30)27-24-11-16-8-17(12-24)10-18(9-16)13-24/h3-4,7,16-18H,5-6,8-14H2,1-2H3,(H,26,28)(H2,25,27,30). The Labute approximate surface area is 188 Å². The summed E-state index contributed by atoms with van der Waals surface area (Å²) in [5.41, 5.74) is 1.45. The molecule has 4 aliphatic rings. The molecule has 1 aromatic rings. The Morgan fingerprint density at radius 3 is 2.31 bits per heavy atom. The third kappa shape index (κ3) is 5.34. The van der Waals surface area contributed by atoms with Crippen LogP contribution in [-0.4, -0.2) is 43.7 Å². The number of rotatable bonds is 8. The molecule has 4 fully saturated rings. The number of benzene rings is 1. The van der Waals surface area contributed by atoms with Gasteiger partial charge in [-0.05, 0) is 87.0 Å². The highest BCUT2D eigenvalue weighted by Gasteiger charge is 2.51. The van der Waals surface area contributed by atoms with Crippen LogP contribution >= 0.6 is 0 Å². The number of amides is 3. The van der Waals surface area contributed by atoms with Gasteiger partial charge in [-0.25, -0.2) is 9.59 Å². The summed E-state index contributed by atoms with van der Waals surface area (Å²) in [6.07, 6.45) is 7.50. The van der Waals surface area contributed by atoms with E-state index >= 15 is 0 Å². The second-order valence-corrected chi connectivity index (χ2v) is 9.72. The summed E-state index contributed by atoms with van der Waals surface area (Å²) in [4.78, 5) is 36.0. The molecule has 32 heavy (non-hydrogen) atoms. The predicted octanol–water partition coefficient (Wildman–Crippen LogP) is 3.14. The minimum atomic E-state index is -0.459. The molecule has 0 unspecified atom stereocenters. The van der Waals surface area contributed by atoms with Gasteiger partial charge in [-0.1, -0.05) is 0 Å². The number of methoxy groups -OCH3 is 1. The number of aryl methyl sites for hydroxylation is 1. The third-order valence-corrected chi connectivity index (χ3v) is 7.11. The molecule has 3 amide bonds. The number of anilines is 1. The Bertz CT molecular complexity index is 849. The van der Waals surface area contributed by atoms with E-state index in [1.54, 1.807) is 18.2 Å². The number of nitrogens with one attached hydrogen (secondary N) is 3. The third-order valence-electron chi connectivity index (χ3n) is 7.11. The van der Waals surface area contributed by atoms with Crippen LogP contribution in [0.4, 0.5) is 10.5 Å². The molecule has 174 valence electrons. The maximum Gasteiger partial charge on any atom is 0.343 e. The van der Waals surface area contributed by atoms with Gasteiger partial charge in [0.1, 0.15) is 5.75 Å². The second-order valence-electron chi connectivity index (χ2n) is 9.72. The molecule has 8 nitrogen and oxygen atoms in total. The van der Waals surface area contributed by atoms with E-state index in [1.807, 2.05) is 6.92 Å². The number of hydrogen-bond acceptors (Lipinski definition) is 5. The Balaban J connectivity index is 1.19. The molecular weight excluding hydrogens is 410 g/mol. The Morgan fingerprint density at radius 2 is 1.72 bits per heavy atom. The highest BCUT2D eigenvalue weighted by molar-refractivity contribution is 5.92. The highest BCUT2D eigenvalue weighted by Crippen LogP contribution is 2.55. The van der Waals surface area contributed by atoms with E-state index in [1.165, 1.54) is 26.4 Å². The van der Waals surface area contributed by atoms with Crippen LogP contribution in [0.1, 0.15) is 50.5 Å². The average molecular weight is 444 g/mol. The van der Waals surface area contributed by atoms with Crippen molar-refractivity contribution in [2.45, 2.75) is 57.4 Å². The first-order chi connectivity index (χ1) is 15.3. The van der Waals surface area contributed by atoms with E-state index in [4.69, 9.17) is 4.74 Å². The highest BCUT2D eigenvalue weighted by atomic mass is 16.6. The summed E-state index contributed by atoms with van der Waals surface area (Å²) in [6.45, 7) is 1.96. The van der Waals surface area contributed by atoms with Crippen LogP contribution in [0.15, 0.2) is 18.2 Å². The summed E-state index contributed by atoms with van der Waals surface area (Å²) in [6, 6.07) is 4.99. The van der Waals surface area contributed by atoms with Crippen molar-refractivity contribution in [2.75, 3.05) is 25.6 Å². The monoisotopic (exact) mass is 443 g/mol. The van der Waals surface area contributed by atoms with Gasteiger partial charge < -0.3 is 25.4 Å². The van der Waals surface area contributed by atoms with Crippen LogP contribution in [0.25, 0.3) is 0 Å². The van der Waals surface area contributed by atoms with Gasteiger partial charge in [0.15, 0.2) is 6.61 Å². The summed E-state index contributed by atoms with van der Waals surface area (Å²) < 4.78 is 9.89. The maximum absolute atomic E-state index is 12.5. The van der Waals surface area contributed by atoms with Gasteiger partial charge in [-0.15, -0.1) is 0 Å². The molecule has 0 atom stereocenters. The first-order valence-corrected chi connectivity index (χ1v) is 11.5. The number of carbonyl (C=O) groups is 3. The molecule has 1 aromatic carbocycles. The molecule has 0 saturated heterocycles. The zero-order valence-electron chi connectivity index (χ0n) is 18.9. The quantitative estimate of drug-likeness (QED) is 0.535. The molecule has 5 rings (SSSR count). The van der Waals surface area contributed by atoms with Crippen molar-refractivity contribution in [2.24, 2.45) is 17.8 Å². The molecule has 0 spiro atoms. The summed E-state index contributed by atoms with van der Waals surface area (Å²) in [7, 11) is 1.30. The Morgan fingerprint density at radius 1 is 1.06 bits per heavy atom. The Kier molecular flexibility index (Phi) is 6.58. The zero-order chi connectivity index (χ0) is 22.7. The summed E-state index contributed by atoms with van der Waals surface area (Å²) in [5.74, 6) is 2.20. The summed E-state index contributed by atoms with van der Waals surface area (Å²) >= 11 is 0. The van der Waals surface area contributed by atoms with Gasteiger partial charge in [-0.3, -0.25) is 4.79 Å². The predicted molar refractivity (Wildman–Crippen MR) is 119 cm³/mol. The molecule has 4 saturated carbocycles. The molecule has 0 aromatic heterocycles.